The van der Waals surface area contributed by atoms with Crippen LogP contribution in [0.25, 0.3) is 22.3 Å². The highest BCUT2D eigenvalue weighted by Gasteiger charge is 2.51. The van der Waals surface area contributed by atoms with Crippen LogP contribution in [0.15, 0.2) is 41.2 Å². The van der Waals surface area contributed by atoms with E-state index in [1.807, 2.05) is 44.2 Å². The average molecular weight is 448 g/mol. The van der Waals surface area contributed by atoms with Crippen LogP contribution in [0.5, 0.6) is 0 Å². The fourth-order valence-electron chi connectivity index (χ4n) is 4.49. The Morgan fingerprint density at radius 1 is 1.24 bits per heavy atom. The molecule has 8 heteroatoms. The molecular weight excluding hydrogens is 424 g/mol. The molecule has 0 spiro atoms. The first-order valence-corrected chi connectivity index (χ1v) is 11.0. The van der Waals surface area contributed by atoms with E-state index in [4.69, 9.17) is 19.2 Å². The summed E-state index contributed by atoms with van der Waals surface area (Å²) in [5.74, 6) is -0.612. The number of nitrogens with zero attached hydrogens (tertiary/aromatic N) is 2. The zero-order chi connectivity index (χ0) is 23.3. The van der Waals surface area contributed by atoms with Gasteiger partial charge in [-0.3, -0.25) is 4.79 Å². The predicted octanol–water partition coefficient (Wildman–Crippen LogP) is 3.90. The molecule has 8 nitrogen and oxygen atoms in total. The molecule has 1 aromatic carbocycles. The van der Waals surface area contributed by atoms with E-state index in [2.05, 4.69) is 0 Å². The number of carbonyl (C=O) groups excluding carboxylic acids is 2. The first-order valence-electron chi connectivity index (χ1n) is 11.0. The number of benzene rings is 1. The van der Waals surface area contributed by atoms with Gasteiger partial charge in [0.25, 0.3) is 5.56 Å². The lowest BCUT2D eigenvalue weighted by Crippen LogP contribution is -2.47. The number of hydrogen-bond acceptors (Lipinski definition) is 7. The van der Waals surface area contributed by atoms with Crippen molar-refractivity contribution < 1.29 is 23.8 Å². The summed E-state index contributed by atoms with van der Waals surface area (Å²) in [7, 11) is 0. The van der Waals surface area contributed by atoms with Gasteiger partial charge in [0.15, 0.2) is 0 Å². The summed E-state index contributed by atoms with van der Waals surface area (Å²) >= 11 is 0. The average Bonchev–Trinajstić information content (AvgIpc) is 3.16. The van der Waals surface area contributed by atoms with Crippen LogP contribution in [0.3, 0.4) is 0 Å². The van der Waals surface area contributed by atoms with Crippen molar-refractivity contribution in [2.45, 2.75) is 45.9 Å². The van der Waals surface area contributed by atoms with Gasteiger partial charge >= 0.3 is 12.1 Å². The quantitative estimate of drug-likeness (QED) is 0.437. The molecule has 2 aliphatic rings. The number of carbonyl (C=O) groups is 2. The Labute approximate surface area is 190 Å². The summed E-state index contributed by atoms with van der Waals surface area (Å²) in [6.45, 7) is 5.84. The van der Waals surface area contributed by atoms with Gasteiger partial charge in [0.1, 0.15) is 6.61 Å². The first-order chi connectivity index (χ1) is 15.8. The number of aromatic nitrogens is 2. The van der Waals surface area contributed by atoms with E-state index in [1.165, 1.54) is 0 Å². The molecule has 0 bridgehead atoms. The summed E-state index contributed by atoms with van der Waals surface area (Å²) < 4.78 is 17.7. The molecule has 0 unspecified atom stereocenters. The molecule has 33 heavy (non-hydrogen) atoms. The zero-order valence-corrected chi connectivity index (χ0v) is 18.7. The summed E-state index contributed by atoms with van der Waals surface area (Å²) in [6.07, 6.45) is -0.878. The highest BCUT2D eigenvalue weighted by atomic mass is 16.7. The van der Waals surface area contributed by atoms with Gasteiger partial charge in [-0.05, 0) is 30.5 Å². The van der Waals surface area contributed by atoms with Crippen molar-refractivity contribution in [3.05, 3.63) is 63.4 Å². The maximum Gasteiger partial charge on any atom is 0.509 e. The van der Waals surface area contributed by atoms with E-state index in [0.29, 0.717) is 29.1 Å². The molecule has 1 atom stereocenters. The number of ether oxygens (including phenoxy) is 3. The molecule has 4 heterocycles. The van der Waals surface area contributed by atoms with Crippen molar-refractivity contribution in [3.63, 3.8) is 0 Å². The molecule has 0 saturated carbocycles. The number of hydrogen-bond donors (Lipinski definition) is 0. The second-order valence-corrected chi connectivity index (χ2v) is 8.82. The standard InChI is InChI=1S/C25H24N2O6/c1-4-25(33-24(30)32-12-14(2)3)18-10-20-21-16(9-15-7-5-6-8-19(15)26-21)11-27(20)22(28)17(18)13-31-23(25)29/h5-10,14H,4,11-13H2,1-3H3/t25-/m0/s1. The fraction of sp³-hybridized carbons (Fsp3) is 0.360. The van der Waals surface area contributed by atoms with Crippen molar-refractivity contribution >= 4 is 23.0 Å². The molecule has 2 aliphatic heterocycles. The topological polar surface area (TPSA) is 96.7 Å². The van der Waals surface area contributed by atoms with Gasteiger partial charge in [-0.15, -0.1) is 0 Å². The number of pyridine rings is 2. The fourth-order valence-corrected chi connectivity index (χ4v) is 4.49. The lowest BCUT2D eigenvalue weighted by atomic mass is 9.85. The minimum Gasteiger partial charge on any atom is -0.457 e. The lowest BCUT2D eigenvalue weighted by molar-refractivity contribution is -0.175. The van der Waals surface area contributed by atoms with Gasteiger partial charge in [0, 0.05) is 16.5 Å². The Morgan fingerprint density at radius 3 is 2.79 bits per heavy atom. The number of para-hydroxylation sites is 1. The van der Waals surface area contributed by atoms with E-state index in [1.54, 1.807) is 17.6 Å². The van der Waals surface area contributed by atoms with E-state index in [-0.39, 0.29) is 31.1 Å². The van der Waals surface area contributed by atoms with Crippen molar-refractivity contribution in [3.8, 4) is 11.4 Å². The van der Waals surface area contributed by atoms with Crippen LogP contribution in [0.4, 0.5) is 4.79 Å². The summed E-state index contributed by atoms with van der Waals surface area (Å²) in [4.78, 5) is 43.6. The van der Waals surface area contributed by atoms with E-state index in [9.17, 15) is 14.4 Å². The second kappa shape index (κ2) is 7.72. The number of fused-ring (bicyclic) bond motifs is 5. The van der Waals surface area contributed by atoms with Gasteiger partial charge in [-0.25, -0.2) is 14.6 Å². The minimum atomic E-state index is -1.75. The summed E-state index contributed by atoms with van der Waals surface area (Å²) in [6, 6.07) is 11.5. The van der Waals surface area contributed by atoms with Gasteiger partial charge in [-0.2, -0.15) is 0 Å². The molecule has 0 saturated heterocycles. The maximum atomic E-state index is 13.5. The molecule has 0 aliphatic carbocycles. The van der Waals surface area contributed by atoms with Crippen LogP contribution in [-0.2, 0) is 37.8 Å². The first kappa shape index (κ1) is 21.2. The Bertz CT molecular complexity index is 1360. The smallest absolute Gasteiger partial charge is 0.457 e. The second-order valence-electron chi connectivity index (χ2n) is 8.82. The number of esters is 1. The molecule has 0 N–H and O–H groups in total. The Hall–Kier alpha value is -3.68. The largest absolute Gasteiger partial charge is 0.509 e. The molecule has 170 valence electrons. The minimum absolute atomic E-state index is 0.0938. The van der Waals surface area contributed by atoms with Gasteiger partial charge in [0.2, 0.25) is 5.60 Å². The maximum absolute atomic E-state index is 13.5. The third kappa shape index (κ3) is 3.28. The third-order valence-electron chi connectivity index (χ3n) is 6.18. The number of rotatable bonds is 4. The van der Waals surface area contributed by atoms with Crippen LogP contribution in [0.1, 0.15) is 43.9 Å². The Balaban J connectivity index is 1.65. The van der Waals surface area contributed by atoms with Gasteiger partial charge in [-0.1, -0.05) is 39.0 Å². The SMILES string of the molecule is CC[C@@]1(OC(=O)OCC(C)C)C(=O)OCc2c1cc1n(c2=O)Cc2cc3ccccc3nc2-1. The van der Waals surface area contributed by atoms with Crippen LogP contribution in [-0.4, -0.2) is 28.3 Å². The van der Waals surface area contributed by atoms with E-state index >= 15 is 0 Å². The van der Waals surface area contributed by atoms with E-state index < -0.39 is 17.7 Å². The monoisotopic (exact) mass is 448 g/mol. The highest BCUT2D eigenvalue weighted by Crippen LogP contribution is 2.41. The summed E-state index contributed by atoms with van der Waals surface area (Å²) in [5, 5.41) is 0.986. The van der Waals surface area contributed by atoms with Crippen molar-refractivity contribution in [2.24, 2.45) is 5.92 Å². The molecule has 0 radical (unpaired) electrons. The predicted molar refractivity (Wildman–Crippen MR) is 120 cm³/mol. The Kier molecular flexibility index (Phi) is 4.96. The number of cyclic esters (lactones) is 1. The van der Waals surface area contributed by atoms with Gasteiger partial charge in [0.05, 0.1) is 35.6 Å². The van der Waals surface area contributed by atoms with Crippen LogP contribution >= 0.6 is 0 Å². The molecule has 0 fully saturated rings. The summed E-state index contributed by atoms with van der Waals surface area (Å²) in [5.41, 5.74) is 1.59. The van der Waals surface area contributed by atoms with Crippen molar-refractivity contribution in [2.75, 3.05) is 6.61 Å². The van der Waals surface area contributed by atoms with Crippen LogP contribution in [0, 0.1) is 5.92 Å². The van der Waals surface area contributed by atoms with Crippen LogP contribution in [0.2, 0.25) is 0 Å². The van der Waals surface area contributed by atoms with Crippen molar-refractivity contribution in [1.82, 2.24) is 9.55 Å². The third-order valence-corrected chi connectivity index (χ3v) is 6.18. The molecule has 3 aromatic rings. The molecule has 2 aromatic heterocycles. The lowest BCUT2D eigenvalue weighted by Gasteiger charge is -2.35. The van der Waals surface area contributed by atoms with E-state index in [0.717, 1.165) is 16.5 Å². The Morgan fingerprint density at radius 2 is 2.03 bits per heavy atom. The molecular formula is C25H24N2O6. The molecule has 0 amide bonds. The highest BCUT2D eigenvalue weighted by molar-refractivity contribution is 5.87. The zero-order valence-electron chi connectivity index (χ0n) is 18.7. The normalized spacial score (nSPS) is 18.5. The van der Waals surface area contributed by atoms with Gasteiger partial charge < -0.3 is 18.8 Å². The van der Waals surface area contributed by atoms with Crippen molar-refractivity contribution in [1.29, 1.82) is 0 Å². The molecule has 5 rings (SSSR count). The van der Waals surface area contributed by atoms with Crippen LogP contribution < -0.4 is 5.56 Å².